The predicted octanol–water partition coefficient (Wildman–Crippen LogP) is 4.02. The van der Waals surface area contributed by atoms with Crippen LogP contribution in [0, 0.1) is 22.0 Å². The molecule has 1 aliphatic heterocycles. The van der Waals surface area contributed by atoms with E-state index in [0.717, 1.165) is 5.56 Å². The maximum absolute atomic E-state index is 11.3. The van der Waals surface area contributed by atoms with E-state index in [1.165, 1.54) is 12.1 Å². The van der Waals surface area contributed by atoms with Crippen LogP contribution in [0.3, 0.4) is 0 Å². The van der Waals surface area contributed by atoms with Crippen molar-refractivity contribution in [3.05, 3.63) is 69.8 Å². The molecule has 2 aromatic rings. The number of nitro benzene ring substituents is 1. The van der Waals surface area contributed by atoms with Crippen LogP contribution in [0.2, 0.25) is 0 Å². The van der Waals surface area contributed by atoms with Gasteiger partial charge in [-0.2, -0.15) is 0 Å². The first-order valence-electron chi connectivity index (χ1n) is 8.58. The third kappa shape index (κ3) is 4.64. The summed E-state index contributed by atoms with van der Waals surface area (Å²) in [7, 11) is 0. The zero-order valence-electron chi connectivity index (χ0n) is 15.5. The molecule has 0 aliphatic carbocycles. The molecule has 0 radical (unpaired) electrons. The molecular weight excluding hydrogens is 346 g/mol. The van der Waals surface area contributed by atoms with Crippen LogP contribution in [0.1, 0.15) is 31.9 Å². The fraction of sp³-hybridized carbons (Fsp3) is 0.333. The number of ether oxygens (including phenoxy) is 3. The fourth-order valence-electron chi connectivity index (χ4n) is 2.91. The van der Waals surface area contributed by atoms with Gasteiger partial charge in [-0.1, -0.05) is 30.0 Å². The van der Waals surface area contributed by atoms with Gasteiger partial charge in [-0.25, -0.2) is 0 Å². The largest absolute Gasteiger partial charge is 0.481 e. The van der Waals surface area contributed by atoms with Crippen LogP contribution in [0.4, 0.5) is 5.69 Å². The van der Waals surface area contributed by atoms with Crippen LogP contribution in [0.5, 0.6) is 5.75 Å². The first-order chi connectivity index (χ1) is 12.8. The van der Waals surface area contributed by atoms with Crippen molar-refractivity contribution in [2.24, 2.45) is 0 Å². The molecule has 0 aromatic heterocycles. The number of hydrogen-bond acceptors (Lipinski definition) is 5. The minimum Gasteiger partial charge on any atom is -0.481 e. The molecule has 0 amide bonds. The lowest BCUT2D eigenvalue weighted by Crippen LogP contribution is -2.28. The smallest absolute Gasteiger partial charge is 0.273 e. The summed E-state index contributed by atoms with van der Waals surface area (Å²) >= 11 is 0. The number of benzene rings is 2. The molecule has 1 unspecified atom stereocenters. The van der Waals surface area contributed by atoms with Crippen LogP contribution in [0.25, 0.3) is 0 Å². The Morgan fingerprint density at radius 2 is 1.93 bits per heavy atom. The Bertz CT molecular complexity index is 898. The van der Waals surface area contributed by atoms with E-state index in [9.17, 15) is 10.1 Å². The third-order valence-electron chi connectivity index (χ3n) is 4.20. The van der Waals surface area contributed by atoms with Crippen molar-refractivity contribution in [3.8, 4) is 17.6 Å². The van der Waals surface area contributed by atoms with Crippen molar-refractivity contribution in [2.45, 2.75) is 32.2 Å². The van der Waals surface area contributed by atoms with E-state index in [0.29, 0.717) is 17.9 Å². The average molecular weight is 367 g/mol. The van der Waals surface area contributed by atoms with Gasteiger partial charge in [0.05, 0.1) is 17.6 Å². The maximum atomic E-state index is 11.3. The van der Waals surface area contributed by atoms with Crippen molar-refractivity contribution in [2.75, 3.05) is 13.2 Å². The molecule has 1 heterocycles. The highest BCUT2D eigenvalue weighted by atomic mass is 16.8. The van der Waals surface area contributed by atoms with Gasteiger partial charge < -0.3 is 14.2 Å². The second-order valence-corrected chi connectivity index (χ2v) is 6.95. The molecule has 1 saturated heterocycles. The Kier molecular flexibility index (Phi) is 5.17. The Balaban J connectivity index is 1.80. The van der Waals surface area contributed by atoms with E-state index in [4.69, 9.17) is 14.2 Å². The Morgan fingerprint density at radius 3 is 2.56 bits per heavy atom. The number of hydrogen-bond donors (Lipinski definition) is 0. The Labute approximate surface area is 158 Å². The van der Waals surface area contributed by atoms with Crippen LogP contribution < -0.4 is 4.74 Å². The molecule has 1 fully saturated rings. The monoisotopic (exact) mass is 367 g/mol. The topological polar surface area (TPSA) is 70.8 Å². The van der Waals surface area contributed by atoms with Gasteiger partial charge in [-0.3, -0.25) is 10.1 Å². The predicted molar refractivity (Wildman–Crippen MR) is 100 cm³/mol. The Morgan fingerprint density at radius 1 is 1.19 bits per heavy atom. The lowest BCUT2D eigenvalue weighted by molar-refractivity contribution is -0.385. The second kappa shape index (κ2) is 7.39. The quantitative estimate of drug-likeness (QED) is 0.464. The van der Waals surface area contributed by atoms with Crippen LogP contribution >= 0.6 is 0 Å². The van der Waals surface area contributed by atoms with E-state index in [1.807, 2.05) is 51.1 Å². The average Bonchev–Trinajstić information content (AvgIpc) is 2.94. The molecule has 1 aliphatic rings. The van der Waals surface area contributed by atoms with Gasteiger partial charge in [0.1, 0.15) is 18.0 Å². The first-order valence-corrected chi connectivity index (χ1v) is 8.58. The molecule has 0 spiro atoms. The summed E-state index contributed by atoms with van der Waals surface area (Å²) in [6.07, 6.45) is 0. The molecular formula is C21H21NO5. The van der Waals surface area contributed by atoms with E-state index < -0.39 is 16.3 Å². The van der Waals surface area contributed by atoms with Crippen molar-refractivity contribution in [3.63, 3.8) is 0 Å². The van der Waals surface area contributed by atoms with Crippen molar-refractivity contribution in [1.82, 2.24) is 0 Å². The molecule has 2 aromatic carbocycles. The normalized spacial score (nSPS) is 20.6. The van der Waals surface area contributed by atoms with E-state index >= 15 is 0 Å². The van der Waals surface area contributed by atoms with Crippen LogP contribution in [-0.4, -0.2) is 23.9 Å². The molecule has 3 rings (SSSR count). The van der Waals surface area contributed by atoms with Gasteiger partial charge in [0.15, 0.2) is 5.79 Å². The summed E-state index contributed by atoms with van der Waals surface area (Å²) in [5.74, 6) is 5.52. The van der Waals surface area contributed by atoms with Crippen molar-refractivity contribution < 1.29 is 19.1 Å². The summed E-state index contributed by atoms with van der Waals surface area (Å²) in [6.45, 7) is 5.89. The number of nitrogens with zero attached hydrogens (tertiary/aromatic N) is 1. The van der Waals surface area contributed by atoms with Crippen molar-refractivity contribution >= 4 is 5.69 Å². The van der Waals surface area contributed by atoms with Gasteiger partial charge in [0.25, 0.3) is 5.69 Å². The number of nitro groups is 1. The lowest BCUT2D eigenvalue weighted by atomic mass is 9.96. The highest BCUT2D eigenvalue weighted by Gasteiger charge is 2.44. The lowest BCUT2D eigenvalue weighted by Gasteiger charge is -2.25. The second-order valence-electron chi connectivity index (χ2n) is 6.95. The zero-order chi connectivity index (χ0) is 19.5. The molecule has 0 saturated carbocycles. The molecule has 0 bridgehead atoms. The third-order valence-corrected chi connectivity index (χ3v) is 4.20. The SMILES string of the molecule is CC1(C)OCC(C)(c2cc(OCC#Cc3ccccc3)cc([N+](=O)[O-])c2)O1. The summed E-state index contributed by atoms with van der Waals surface area (Å²) in [6, 6.07) is 14.2. The number of rotatable bonds is 4. The van der Waals surface area contributed by atoms with Gasteiger partial charge in [-0.15, -0.1) is 0 Å². The molecule has 6 nitrogen and oxygen atoms in total. The van der Waals surface area contributed by atoms with Gasteiger partial charge in [-0.05, 0) is 44.5 Å². The molecule has 27 heavy (non-hydrogen) atoms. The molecule has 140 valence electrons. The minimum atomic E-state index is -0.788. The van der Waals surface area contributed by atoms with Crippen molar-refractivity contribution in [1.29, 1.82) is 0 Å². The number of non-ortho nitro benzene ring substituents is 1. The maximum Gasteiger partial charge on any atom is 0.273 e. The molecule has 0 N–H and O–H groups in total. The van der Waals surface area contributed by atoms with Gasteiger partial charge in [0.2, 0.25) is 0 Å². The van der Waals surface area contributed by atoms with E-state index in [-0.39, 0.29) is 12.3 Å². The summed E-state index contributed by atoms with van der Waals surface area (Å²) in [5.41, 5.74) is 0.664. The van der Waals surface area contributed by atoms with E-state index in [2.05, 4.69) is 11.8 Å². The van der Waals surface area contributed by atoms with Gasteiger partial charge >= 0.3 is 0 Å². The summed E-state index contributed by atoms with van der Waals surface area (Å²) in [4.78, 5) is 10.9. The molecule has 6 heteroatoms. The summed E-state index contributed by atoms with van der Waals surface area (Å²) in [5, 5.41) is 11.3. The highest BCUT2D eigenvalue weighted by Crippen LogP contribution is 2.40. The van der Waals surface area contributed by atoms with Crippen LogP contribution in [-0.2, 0) is 15.1 Å². The van der Waals surface area contributed by atoms with Gasteiger partial charge in [0, 0.05) is 11.6 Å². The van der Waals surface area contributed by atoms with E-state index in [1.54, 1.807) is 6.07 Å². The minimum absolute atomic E-state index is 0.0620. The zero-order valence-corrected chi connectivity index (χ0v) is 15.5. The first kappa shape index (κ1) is 18.9. The molecule has 1 atom stereocenters. The standard InChI is InChI=1S/C21H21NO5/c1-20(2)26-15-21(3,27-20)17-12-18(22(23)24)14-19(13-17)25-11-7-10-16-8-5-4-6-9-16/h4-6,8-9,12-14H,11,15H2,1-3H3. The summed E-state index contributed by atoms with van der Waals surface area (Å²) < 4.78 is 17.3. The fourth-order valence-corrected chi connectivity index (χ4v) is 2.91. The Hall–Kier alpha value is -2.88. The highest BCUT2D eigenvalue weighted by molar-refractivity contribution is 5.45. The van der Waals surface area contributed by atoms with Crippen LogP contribution in [0.15, 0.2) is 48.5 Å².